The van der Waals surface area contributed by atoms with Crippen molar-refractivity contribution in [2.24, 2.45) is 0 Å². The standard InChI is InChI=1S/C23H27NO2S/c1-22(2,3)15-11-14(12-16(20(15)25)23(4,5)6)13-19-21(26)24-17-9-7-8-10-18(17)27-19/h7-13,25H,1-6H3,(H,24,26)/b19-13+. The van der Waals surface area contributed by atoms with Crippen LogP contribution in [0.2, 0.25) is 0 Å². The Labute approximate surface area is 165 Å². The van der Waals surface area contributed by atoms with E-state index in [4.69, 9.17) is 0 Å². The summed E-state index contributed by atoms with van der Waals surface area (Å²) in [4.78, 5) is 14.2. The lowest BCUT2D eigenvalue weighted by Crippen LogP contribution is -2.18. The smallest absolute Gasteiger partial charge is 0.262 e. The van der Waals surface area contributed by atoms with Crippen molar-refractivity contribution in [1.82, 2.24) is 0 Å². The molecule has 1 heterocycles. The molecule has 2 N–H and O–H groups in total. The van der Waals surface area contributed by atoms with Gasteiger partial charge in [0.25, 0.3) is 5.91 Å². The molecule has 142 valence electrons. The maximum absolute atomic E-state index is 12.5. The lowest BCUT2D eigenvalue weighted by atomic mass is 9.78. The number of phenolic OH excluding ortho intramolecular Hbond substituents is 1. The van der Waals surface area contributed by atoms with Crippen LogP contribution in [0.25, 0.3) is 6.08 Å². The van der Waals surface area contributed by atoms with Gasteiger partial charge in [-0.3, -0.25) is 4.79 Å². The Morgan fingerprint density at radius 3 is 2.07 bits per heavy atom. The Hall–Kier alpha value is -2.20. The van der Waals surface area contributed by atoms with Gasteiger partial charge in [0.05, 0.1) is 10.6 Å². The Morgan fingerprint density at radius 2 is 1.52 bits per heavy atom. The van der Waals surface area contributed by atoms with Crippen LogP contribution in [-0.4, -0.2) is 11.0 Å². The maximum atomic E-state index is 12.5. The molecular weight excluding hydrogens is 354 g/mol. The van der Waals surface area contributed by atoms with Crippen molar-refractivity contribution in [2.45, 2.75) is 57.3 Å². The Bertz CT molecular complexity index is 895. The second-order valence-corrected chi connectivity index (χ2v) is 10.1. The monoisotopic (exact) mass is 381 g/mol. The molecule has 0 bridgehead atoms. The van der Waals surface area contributed by atoms with Crippen molar-refractivity contribution >= 4 is 29.4 Å². The zero-order valence-corrected chi connectivity index (χ0v) is 17.6. The van der Waals surface area contributed by atoms with Crippen LogP contribution in [-0.2, 0) is 15.6 Å². The van der Waals surface area contributed by atoms with E-state index in [9.17, 15) is 9.90 Å². The van der Waals surface area contributed by atoms with Crippen LogP contribution in [0.1, 0.15) is 58.2 Å². The highest BCUT2D eigenvalue weighted by Gasteiger charge is 2.27. The van der Waals surface area contributed by atoms with E-state index < -0.39 is 0 Å². The van der Waals surface area contributed by atoms with Crippen LogP contribution in [0.15, 0.2) is 46.2 Å². The fourth-order valence-electron chi connectivity index (χ4n) is 3.14. The second kappa shape index (κ2) is 6.75. The van der Waals surface area contributed by atoms with Gasteiger partial charge in [0.15, 0.2) is 0 Å². The Kier molecular flexibility index (Phi) is 4.89. The van der Waals surface area contributed by atoms with Gasteiger partial charge < -0.3 is 10.4 Å². The highest BCUT2D eigenvalue weighted by atomic mass is 32.2. The topological polar surface area (TPSA) is 49.3 Å². The minimum Gasteiger partial charge on any atom is -0.507 e. The van der Waals surface area contributed by atoms with Crippen molar-refractivity contribution in [3.63, 3.8) is 0 Å². The van der Waals surface area contributed by atoms with Gasteiger partial charge in [-0.05, 0) is 46.7 Å². The van der Waals surface area contributed by atoms with E-state index in [1.165, 1.54) is 11.8 Å². The normalized spacial score (nSPS) is 16.2. The molecule has 0 fully saturated rings. The summed E-state index contributed by atoms with van der Waals surface area (Å²) in [6, 6.07) is 11.8. The lowest BCUT2D eigenvalue weighted by molar-refractivity contribution is -0.112. The number of amides is 1. The first-order chi connectivity index (χ1) is 12.5. The number of carbonyl (C=O) groups excluding carboxylic acids is 1. The third-order valence-corrected chi connectivity index (χ3v) is 5.72. The summed E-state index contributed by atoms with van der Waals surface area (Å²) in [6.45, 7) is 12.5. The predicted octanol–water partition coefficient (Wildman–Crippen LogP) is 6.07. The Morgan fingerprint density at radius 1 is 0.963 bits per heavy atom. The molecule has 0 atom stereocenters. The van der Waals surface area contributed by atoms with Crippen LogP contribution in [0.3, 0.4) is 0 Å². The van der Waals surface area contributed by atoms with Crippen LogP contribution in [0.4, 0.5) is 5.69 Å². The molecule has 1 aliphatic heterocycles. The fourth-order valence-corrected chi connectivity index (χ4v) is 4.09. The molecule has 0 unspecified atom stereocenters. The number of fused-ring (bicyclic) bond motifs is 1. The van der Waals surface area contributed by atoms with Gasteiger partial charge in [-0.2, -0.15) is 0 Å². The number of aromatic hydroxyl groups is 1. The Balaban J connectivity index is 2.12. The number of nitrogens with one attached hydrogen (secondary N) is 1. The predicted molar refractivity (Wildman–Crippen MR) is 114 cm³/mol. The molecule has 0 radical (unpaired) electrons. The van der Waals surface area contributed by atoms with Gasteiger partial charge in [-0.1, -0.05) is 65.4 Å². The largest absolute Gasteiger partial charge is 0.507 e. The summed E-state index contributed by atoms with van der Waals surface area (Å²) < 4.78 is 0. The minimum absolute atomic E-state index is 0.0959. The van der Waals surface area contributed by atoms with E-state index >= 15 is 0 Å². The molecule has 0 aliphatic carbocycles. The van der Waals surface area contributed by atoms with Gasteiger partial charge in [-0.25, -0.2) is 0 Å². The molecule has 4 heteroatoms. The number of anilines is 1. The molecule has 27 heavy (non-hydrogen) atoms. The fraction of sp³-hybridized carbons (Fsp3) is 0.348. The summed E-state index contributed by atoms with van der Waals surface area (Å²) in [5.74, 6) is 0.254. The first kappa shape index (κ1) is 19.6. The summed E-state index contributed by atoms with van der Waals surface area (Å²) in [5.41, 5.74) is 3.16. The van der Waals surface area contributed by atoms with Gasteiger partial charge in [-0.15, -0.1) is 0 Å². The number of thioether (sulfide) groups is 1. The van der Waals surface area contributed by atoms with Crippen LogP contribution in [0, 0.1) is 0 Å². The SMILES string of the molecule is CC(C)(C)c1cc(/C=C2/Sc3ccccc3NC2=O)cc(C(C)(C)C)c1O. The molecule has 0 aromatic heterocycles. The van der Waals surface area contributed by atoms with E-state index in [1.807, 2.05) is 42.5 Å². The average Bonchev–Trinajstić information content (AvgIpc) is 2.54. The molecule has 0 spiro atoms. The second-order valence-electron chi connectivity index (χ2n) is 9.03. The lowest BCUT2D eigenvalue weighted by Gasteiger charge is -2.28. The quantitative estimate of drug-likeness (QED) is 0.589. The number of hydrogen-bond acceptors (Lipinski definition) is 3. The van der Waals surface area contributed by atoms with Gasteiger partial charge in [0, 0.05) is 16.0 Å². The summed E-state index contributed by atoms with van der Waals surface area (Å²) in [6.07, 6.45) is 1.92. The molecule has 3 rings (SSSR count). The maximum Gasteiger partial charge on any atom is 0.262 e. The zero-order valence-electron chi connectivity index (χ0n) is 16.8. The van der Waals surface area contributed by atoms with Crippen molar-refractivity contribution < 1.29 is 9.90 Å². The van der Waals surface area contributed by atoms with Crippen LogP contribution < -0.4 is 5.32 Å². The molecule has 3 nitrogen and oxygen atoms in total. The third-order valence-electron chi connectivity index (χ3n) is 4.63. The number of benzene rings is 2. The van der Waals surface area contributed by atoms with Crippen molar-refractivity contribution in [2.75, 3.05) is 5.32 Å². The summed E-state index contributed by atoms with van der Waals surface area (Å²) in [5, 5.41) is 13.8. The number of phenols is 1. The van der Waals surface area contributed by atoms with E-state index in [1.54, 1.807) is 0 Å². The number of rotatable bonds is 1. The van der Waals surface area contributed by atoms with Crippen LogP contribution in [0.5, 0.6) is 5.75 Å². The number of hydrogen-bond donors (Lipinski definition) is 2. The molecule has 2 aromatic carbocycles. The number of para-hydroxylation sites is 1. The van der Waals surface area contributed by atoms with Crippen molar-refractivity contribution in [1.29, 1.82) is 0 Å². The highest BCUT2D eigenvalue weighted by Crippen LogP contribution is 2.42. The third kappa shape index (κ3) is 4.06. The van der Waals surface area contributed by atoms with E-state index in [-0.39, 0.29) is 16.7 Å². The van der Waals surface area contributed by atoms with Crippen molar-refractivity contribution in [3.8, 4) is 5.75 Å². The van der Waals surface area contributed by atoms with Gasteiger partial charge in [0.2, 0.25) is 0 Å². The van der Waals surface area contributed by atoms with Crippen LogP contribution >= 0.6 is 11.8 Å². The highest BCUT2D eigenvalue weighted by molar-refractivity contribution is 8.04. The molecular formula is C23H27NO2S. The molecule has 1 amide bonds. The van der Waals surface area contributed by atoms with Crippen molar-refractivity contribution in [3.05, 3.63) is 58.0 Å². The molecule has 2 aromatic rings. The van der Waals surface area contributed by atoms with E-state index in [2.05, 4.69) is 46.9 Å². The number of carbonyl (C=O) groups is 1. The molecule has 0 saturated carbocycles. The van der Waals surface area contributed by atoms with Gasteiger partial charge >= 0.3 is 0 Å². The average molecular weight is 382 g/mol. The van der Waals surface area contributed by atoms with Gasteiger partial charge in [0.1, 0.15) is 5.75 Å². The summed E-state index contributed by atoms with van der Waals surface area (Å²) >= 11 is 1.48. The summed E-state index contributed by atoms with van der Waals surface area (Å²) in [7, 11) is 0. The first-order valence-corrected chi connectivity index (χ1v) is 9.96. The molecule has 0 saturated heterocycles. The first-order valence-electron chi connectivity index (χ1n) is 9.15. The molecule has 1 aliphatic rings. The minimum atomic E-state index is -0.201. The van der Waals surface area contributed by atoms with E-state index in [0.717, 1.165) is 27.3 Å². The zero-order chi connectivity index (χ0) is 20.0. The van der Waals surface area contributed by atoms with E-state index in [0.29, 0.717) is 10.7 Å².